The zero-order valence-corrected chi connectivity index (χ0v) is 13.3. The molecule has 0 amide bonds. The monoisotopic (exact) mass is 275 g/mol. The summed E-state index contributed by atoms with van der Waals surface area (Å²) in [5, 5.41) is 0. The Bertz CT molecular complexity index is 382. The molecule has 2 rings (SSSR count). The number of piperidine rings is 1. The van der Waals surface area contributed by atoms with Gasteiger partial charge in [0.15, 0.2) is 0 Å². The number of rotatable bonds is 6. The summed E-state index contributed by atoms with van der Waals surface area (Å²) in [7, 11) is 0. The van der Waals surface area contributed by atoms with Crippen molar-refractivity contribution in [3.63, 3.8) is 0 Å². The summed E-state index contributed by atoms with van der Waals surface area (Å²) in [4.78, 5) is 9.63. The first-order valence-corrected chi connectivity index (χ1v) is 8.25. The van der Waals surface area contributed by atoms with Crippen molar-refractivity contribution < 1.29 is 0 Å². The molecule has 0 saturated carbocycles. The number of hydrogen-bond acceptors (Lipinski definition) is 3. The summed E-state index contributed by atoms with van der Waals surface area (Å²) >= 11 is 0. The average Bonchev–Trinajstić information content (AvgIpc) is 2.50. The van der Waals surface area contributed by atoms with Gasteiger partial charge in [-0.2, -0.15) is 0 Å². The first-order valence-electron chi connectivity index (χ1n) is 8.25. The predicted octanol–water partition coefficient (Wildman–Crippen LogP) is 3.86. The first kappa shape index (κ1) is 15.3. The number of pyridine rings is 1. The summed E-state index contributed by atoms with van der Waals surface area (Å²) in [6.45, 7) is 11.1. The maximum atomic E-state index is 4.69. The van der Waals surface area contributed by atoms with Crippen LogP contribution in [0.15, 0.2) is 18.3 Å². The molecule has 0 N–H and O–H groups in total. The third-order valence-electron chi connectivity index (χ3n) is 4.37. The van der Waals surface area contributed by atoms with Gasteiger partial charge in [-0.3, -0.25) is 4.90 Å². The number of anilines is 1. The third kappa shape index (κ3) is 3.51. The van der Waals surface area contributed by atoms with Gasteiger partial charge in [-0.05, 0) is 57.8 Å². The minimum Gasteiger partial charge on any atom is -0.357 e. The minimum atomic E-state index is 0.585. The van der Waals surface area contributed by atoms with E-state index < -0.39 is 0 Å². The predicted molar refractivity (Wildman–Crippen MR) is 86.3 cm³/mol. The van der Waals surface area contributed by atoms with Crippen LogP contribution in [-0.4, -0.2) is 36.1 Å². The van der Waals surface area contributed by atoms with E-state index in [2.05, 4.69) is 53.9 Å². The van der Waals surface area contributed by atoms with Crippen LogP contribution in [-0.2, 0) is 0 Å². The fraction of sp³-hybridized carbons (Fsp3) is 0.706. The third-order valence-corrected chi connectivity index (χ3v) is 4.37. The van der Waals surface area contributed by atoms with E-state index in [-0.39, 0.29) is 0 Å². The smallest absolute Gasteiger partial charge is 0.128 e. The molecule has 0 aromatic carbocycles. The van der Waals surface area contributed by atoms with Crippen LogP contribution in [0.25, 0.3) is 0 Å². The van der Waals surface area contributed by atoms with E-state index in [1.54, 1.807) is 0 Å². The topological polar surface area (TPSA) is 19.4 Å². The summed E-state index contributed by atoms with van der Waals surface area (Å²) in [6, 6.07) is 5.07. The van der Waals surface area contributed by atoms with Crippen LogP contribution in [0.3, 0.4) is 0 Å². The Balaban J connectivity index is 2.11. The molecule has 1 aromatic heterocycles. The Hall–Kier alpha value is -1.09. The van der Waals surface area contributed by atoms with Gasteiger partial charge in [-0.1, -0.05) is 19.4 Å². The first-order chi connectivity index (χ1) is 9.80. The van der Waals surface area contributed by atoms with Crippen LogP contribution in [0.2, 0.25) is 0 Å². The molecule has 1 atom stereocenters. The second-order valence-corrected chi connectivity index (χ2v) is 5.67. The Kier molecular flexibility index (Phi) is 5.84. The number of aromatic nitrogens is 1. The van der Waals surface area contributed by atoms with Gasteiger partial charge in [0.05, 0.1) is 0 Å². The van der Waals surface area contributed by atoms with Crippen molar-refractivity contribution in [2.75, 3.05) is 31.1 Å². The maximum absolute atomic E-state index is 4.69. The molecule has 1 aliphatic heterocycles. The van der Waals surface area contributed by atoms with Gasteiger partial charge in [0.25, 0.3) is 0 Å². The summed E-state index contributed by atoms with van der Waals surface area (Å²) in [6.07, 6.45) is 7.32. The van der Waals surface area contributed by atoms with E-state index in [1.807, 2.05) is 0 Å². The van der Waals surface area contributed by atoms with Crippen LogP contribution < -0.4 is 4.90 Å². The summed E-state index contributed by atoms with van der Waals surface area (Å²) in [5.41, 5.74) is 1.40. The summed E-state index contributed by atoms with van der Waals surface area (Å²) in [5.74, 6) is 1.11. The lowest BCUT2D eigenvalue weighted by atomic mass is 9.96. The van der Waals surface area contributed by atoms with E-state index in [4.69, 9.17) is 0 Å². The molecule has 3 nitrogen and oxygen atoms in total. The molecule has 0 bridgehead atoms. The highest BCUT2D eigenvalue weighted by atomic mass is 15.2. The lowest BCUT2D eigenvalue weighted by molar-refractivity contribution is 0.149. The molecule has 1 saturated heterocycles. The van der Waals surface area contributed by atoms with Crippen LogP contribution in [0.5, 0.6) is 0 Å². The van der Waals surface area contributed by atoms with E-state index in [0.717, 1.165) is 18.9 Å². The van der Waals surface area contributed by atoms with Crippen molar-refractivity contribution in [3.8, 4) is 0 Å². The Labute approximate surface area is 124 Å². The van der Waals surface area contributed by atoms with Crippen LogP contribution in [0.4, 0.5) is 5.82 Å². The zero-order chi connectivity index (χ0) is 14.4. The molecule has 1 aromatic rings. The van der Waals surface area contributed by atoms with Crippen LogP contribution >= 0.6 is 0 Å². The molecule has 2 heterocycles. The van der Waals surface area contributed by atoms with Gasteiger partial charge in [-0.15, -0.1) is 0 Å². The van der Waals surface area contributed by atoms with Gasteiger partial charge in [0.2, 0.25) is 0 Å². The van der Waals surface area contributed by atoms with Crippen LogP contribution in [0, 0.1) is 0 Å². The lowest BCUT2D eigenvalue weighted by Gasteiger charge is -2.35. The van der Waals surface area contributed by atoms with E-state index in [1.165, 1.54) is 44.3 Å². The number of nitrogens with zero attached hydrogens (tertiary/aromatic N) is 3. The highest BCUT2D eigenvalue weighted by Gasteiger charge is 2.23. The zero-order valence-electron chi connectivity index (χ0n) is 13.3. The van der Waals surface area contributed by atoms with E-state index >= 15 is 0 Å². The summed E-state index contributed by atoms with van der Waals surface area (Å²) < 4.78 is 0. The molecule has 1 aliphatic rings. The normalized spacial score (nSPS) is 20.1. The standard InChI is InChI=1S/C17H29N3/c1-4-12-20-13-8-7-9-16(20)15-10-11-17(18-14-15)19(5-2)6-3/h10-11,14,16H,4-9,12-13H2,1-3H3. The molecule has 1 fully saturated rings. The molecule has 0 spiro atoms. The SMILES string of the molecule is CCCN1CCCCC1c1ccc(N(CC)CC)nc1. The van der Waals surface area contributed by atoms with E-state index in [9.17, 15) is 0 Å². The van der Waals surface area contributed by atoms with Crippen molar-refractivity contribution in [2.45, 2.75) is 52.5 Å². The van der Waals surface area contributed by atoms with Gasteiger partial charge < -0.3 is 4.90 Å². The fourth-order valence-corrected chi connectivity index (χ4v) is 3.25. The second kappa shape index (κ2) is 7.63. The molecule has 0 radical (unpaired) electrons. The second-order valence-electron chi connectivity index (χ2n) is 5.67. The maximum Gasteiger partial charge on any atom is 0.128 e. The fourth-order valence-electron chi connectivity index (χ4n) is 3.25. The number of hydrogen-bond donors (Lipinski definition) is 0. The van der Waals surface area contributed by atoms with Crippen molar-refractivity contribution in [1.82, 2.24) is 9.88 Å². The quantitative estimate of drug-likeness (QED) is 0.786. The Morgan fingerprint density at radius 1 is 1.20 bits per heavy atom. The van der Waals surface area contributed by atoms with Gasteiger partial charge >= 0.3 is 0 Å². The molecule has 20 heavy (non-hydrogen) atoms. The number of likely N-dealkylation sites (tertiary alicyclic amines) is 1. The molecule has 3 heteroatoms. The van der Waals surface area contributed by atoms with Gasteiger partial charge in [0, 0.05) is 25.3 Å². The molecular weight excluding hydrogens is 246 g/mol. The highest BCUT2D eigenvalue weighted by Crippen LogP contribution is 2.31. The van der Waals surface area contributed by atoms with E-state index in [0.29, 0.717) is 6.04 Å². The van der Waals surface area contributed by atoms with Crippen molar-refractivity contribution in [2.24, 2.45) is 0 Å². The Morgan fingerprint density at radius 3 is 2.60 bits per heavy atom. The van der Waals surface area contributed by atoms with Crippen molar-refractivity contribution >= 4 is 5.82 Å². The van der Waals surface area contributed by atoms with Gasteiger partial charge in [-0.25, -0.2) is 4.98 Å². The minimum absolute atomic E-state index is 0.585. The highest BCUT2D eigenvalue weighted by molar-refractivity contribution is 5.39. The Morgan fingerprint density at radius 2 is 2.00 bits per heavy atom. The lowest BCUT2D eigenvalue weighted by Crippen LogP contribution is -2.34. The molecule has 0 aliphatic carbocycles. The van der Waals surface area contributed by atoms with Crippen molar-refractivity contribution in [3.05, 3.63) is 23.9 Å². The van der Waals surface area contributed by atoms with Gasteiger partial charge in [0.1, 0.15) is 5.82 Å². The largest absolute Gasteiger partial charge is 0.357 e. The molecule has 112 valence electrons. The average molecular weight is 275 g/mol. The molecule has 1 unspecified atom stereocenters. The molecular formula is C17H29N3. The van der Waals surface area contributed by atoms with Crippen LogP contribution in [0.1, 0.15) is 58.1 Å². The van der Waals surface area contributed by atoms with Crippen molar-refractivity contribution in [1.29, 1.82) is 0 Å².